The van der Waals surface area contributed by atoms with Crippen molar-refractivity contribution >= 4 is 68.7 Å². The number of halogens is 2. The van der Waals surface area contributed by atoms with Gasteiger partial charge in [0.2, 0.25) is 16.8 Å². The number of sulfonamides is 1. The van der Waals surface area contributed by atoms with E-state index in [-0.39, 0.29) is 54.7 Å². The summed E-state index contributed by atoms with van der Waals surface area (Å²) in [5.74, 6) is -2.63. The number of furan rings is 1. The van der Waals surface area contributed by atoms with Crippen LogP contribution >= 0.6 is 23.2 Å². The average molecular weight is 785 g/mol. The summed E-state index contributed by atoms with van der Waals surface area (Å²) in [6.07, 6.45) is 0.259. The van der Waals surface area contributed by atoms with Gasteiger partial charge in [-0.2, -0.15) is 0 Å². The summed E-state index contributed by atoms with van der Waals surface area (Å²) in [6, 6.07) is 11.0. The van der Waals surface area contributed by atoms with E-state index in [1.54, 1.807) is 51.1 Å². The second kappa shape index (κ2) is 18.7. The Morgan fingerprint density at radius 1 is 0.923 bits per heavy atom. The SMILES string of the molecule is CC(C(=O)c1cccc(Cl)c1)N(C(=O)OCOC(=O)CC(=O)OCCCCOC(=O)c1cc(S(N)(=O)=O)c(Cl)cc1NCc1ccco1)C(C)(C)C. The lowest BCUT2D eigenvalue weighted by molar-refractivity contribution is -0.160. The number of carbonyl (C=O) groups excluding carboxylic acids is 5. The predicted octanol–water partition coefficient (Wildman–Crippen LogP) is 5.73. The van der Waals surface area contributed by atoms with Gasteiger partial charge in [0, 0.05) is 16.1 Å². The first-order valence-electron chi connectivity index (χ1n) is 15.7. The molecule has 0 saturated carbocycles. The third-order valence-corrected chi connectivity index (χ3v) is 8.76. The molecule has 3 N–H and O–H groups in total. The molecule has 1 amide bonds. The molecule has 0 aliphatic carbocycles. The molecule has 1 aromatic heterocycles. The molecule has 52 heavy (non-hydrogen) atoms. The molecule has 282 valence electrons. The van der Waals surface area contributed by atoms with Crippen LogP contribution in [0.25, 0.3) is 0 Å². The first-order chi connectivity index (χ1) is 24.4. The molecule has 2 aromatic carbocycles. The summed E-state index contributed by atoms with van der Waals surface area (Å²) in [5.41, 5.74) is -0.511. The monoisotopic (exact) mass is 783 g/mol. The highest BCUT2D eigenvalue weighted by Gasteiger charge is 2.36. The Balaban J connectivity index is 1.41. The molecule has 0 bridgehead atoms. The van der Waals surface area contributed by atoms with Gasteiger partial charge >= 0.3 is 24.0 Å². The Bertz CT molecular complexity index is 1860. The molecule has 1 heterocycles. The number of Topliss-reactive ketones (excluding diaryl/α,β-unsaturated/α-hetero) is 1. The van der Waals surface area contributed by atoms with Crippen molar-refractivity contribution in [2.24, 2.45) is 5.14 Å². The van der Waals surface area contributed by atoms with Crippen LogP contribution in [-0.4, -0.2) is 74.7 Å². The molecular weight excluding hydrogens is 745 g/mol. The van der Waals surface area contributed by atoms with Crippen molar-refractivity contribution < 1.29 is 55.8 Å². The lowest BCUT2D eigenvalue weighted by Crippen LogP contribution is -2.53. The van der Waals surface area contributed by atoms with Crippen molar-refractivity contribution in [3.63, 3.8) is 0 Å². The number of unbranched alkanes of at least 4 members (excludes halogenated alkanes) is 1. The number of ether oxygens (including phenoxy) is 4. The van der Waals surface area contributed by atoms with E-state index < -0.39 is 63.7 Å². The van der Waals surface area contributed by atoms with Crippen molar-refractivity contribution in [2.45, 2.75) is 70.0 Å². The molecule has 0 saturated heterocycles. The Morgan fingerprint density at radius 2 is 1.60 bits per heavy atom. The number of benzene rings is 2. The minimum Gasteiger partial charge on any atom is -0.467 e. The normalized spacial score (nSPS) is 12.0. The van der Waals surface area contributed by atoms with Crippen molar-refractivity contribution in [1.29, 1.82) is 0 Å². The lowest BCUT2D eigenvalue weighted by Gasteiger charge is -2.38. The third-order valence-electron chi connectivity index (χ3n) is 7.15. The maximum Gasteiger partial charge on any atom is 0.413 e. The Kier molecular flexibility index (Phi) is 15.0. The van der Waals surface area contributed by atoms with Crippen LogP contribution in [0.4, 0.5) is 10.5 Å². The number of nitrogens with zero attached hydrogens (tertiary/aromatic N) is 1. The zero-order valence-electron chi connectivity index (χ0n) is 28.8. The molecule has 3 aromatic rings. The van der Waals surface area contributed by atoms with Crippen LogP contribution in [0.3, 0.4) is 0 Å². The first-order valence-corrected chi connectivity index (χ1v) is 18.1. The van der Waals surface area contributed by atoms with Gasteiger partial charge in [0.05, 0.1) is 48.3 Å². The van der Waals surface area contributed by atoms with Gasteiger partial charge in [-0.3, -0.25) is 19.3 Å². The van der Waals surface area contributed by atoms with E-state index in [9.17, 15) is 32.4 Å². The number of primary sulfonamides is 1. The maximum atomic E-state index is 13.0. The summed E-state index contributed by atoms with van der Waals surface area (Å²) in [7, 11) is -4.25. The van der Waals surface area contributed by atoms with E-state index in [4.69, 9.17) is 51.7 Å². The summed E-state index contributed by atoms with van der Waals surface area (Å²) in [5, 5.41) is 8.34. The molecule has 0 fully saturated rings. The van der Waals surface area contributed by atoms with Crippen LogP contribution in [0.1, 0.15) is 73.4 Å². The number of esters is 3. The molecule has 3 rings (SSSR count). The van der Waals surface area contributed by atoms with Gasteiger partial charge in [-0.25, -0.2) is 23.1 Å². The highest BCUT2D eigenvalue weighted by atomic mass is 35.5. The summed E-state index contributed by atoms with van der Waals surface area (Å²) in [4.78, 5) is 63.8. The van der Waals surface area contributed by atoms with E-state index in [0.29, 0.717) is 16.3 Å². The third kappa shape index (κ3) is 12.5. The summed E-state index contributed by atoms with van der Waals surface area (Å²) in [6.45, 7) is 5.74. The van der Waals surface area contributed by atoms with Crippen molar-refractivity contribution in [3.05, 3.63) is 81.7 Å². The zero-order valence-corrected chi connectivity index (χ0v) is 31.1. The molecule has 15 nitrogen and oxygen atoms in total. The van der Waals surface area contributed by atoms with Crippen LogP contribution < -0.4 is 10.5 Å². The van der Waals surface area contributed by atoms with E-state index >= 15 is 0 Å². The van der Waals surface area contributed by atoms with E-state index in [1.807, 2.05) is 0 Å². The largest absolute Gasteiger partial charge is 0.467 e. The minimum atomic E-state index is -4.25. The van der Waals surface area contributed by atoms with Crippen molar-refractivity contribution in [2.75, 3.05) is 25.3 Å². The minimum absolute atomic E-state index is 0.121. The fraction of sp³-hybridized carbons (Fsp3) is 0.382. The second-order valence-electron chi connectivity index (χ2n) is 12.2. The van der Waals surface area contributed by atoms with Crippen LogP contribution in [0.5, 0.6) is 0 Å². The van der Waals surface area contributed by atoms with E-state index in [0.717, 1.165) is 6.07 Å². The predicted molar refractivity (Wildman–Crippen MR) is 188 cm³/mol. The van der Waals surface area contributed by atoms with Gasteiger partial charge < -0.3 is 28.7 Å². The van der Waals surface area contributed by atoms with Crippen LogP contribution in [0.2, 0.25) is 10.0 Å². The zero-order chi connectivity index (χ0) is 38.6. The molecule has 0 radical (unpaired) electrons. The van der Waals surface area contributed by atoms with Crippen molar-refractivity contribution in [1.82, 2.24) is 4.90 Å². The molecule has 1 unspecified atom stereocenters. The van der Waals surface area contributed by atoms with Gasteiger partial charge in [-0.15, -0.1) is 0 Å². The molecule has 0 spiro atoms. The smallest absolute Gasteiger partial charge is 0.413 e. The second-order valence-corrected chi connectivity index (χ2v) is 14.6. The van der Waals surface area contributed by atoms with Gasteiger partial charge in [0.15, 0.2) is 5.78 Å². The van der Waals surface area contributed by atoms with Gasteiger partial charge in [0.25, 0.3) is 0 Å². The number of nitrogens with one attached hydrogen (secondary N) is 1. The fourth-order valence-electron chi connectivity index (χ4n) is 4.76. The average Bonchev–Trinajstić information content (AvgIpc) is 3.57. The van der Waals surface area contributed by atoms with Gasteiger partial charge in [-0.1, -0.05) is 35.3 Å². The standard InChI is InChI=1S/C34H39Cl2N3O12S/c1-21(31(42)22-9-7-10-23(35)15-22)39(34(2,3)4)33(44)51-20-50-30(41)18-29(40)48-12-5-6-13-49-32(43)25-16-28(52(37,45)46)26(36)17-27(25)38-19-24-11-8-14-47-24/h7-11,14-17,21,38H,5-6,12-13,18-20H2,1-4H3,(H2,37,45,46). The highest BCUT2D eigenvalue weighted by molar-refractivity contribution is 7.89. The first kappa shape index (κ1) is 41.8. The molecule has 18 heteroatoms. The Morgan fingerprint density at radius 3 is 2.21 bits per heavy atom. The van der Waals surface area contributed by atoms with Crippen LogP contribution in [0, 0.1) is 0 Å². The van der Waals surface area contributed by atoms with Crippen LogP contribution in [-0.2, 0) is 45.1 Å². The molecule has 1 atom stereocenters. The summed E-state index contributed by atoms with van der Waals surface area (Å²) >= 11 is 12.1. The Labute approximate surface area is 310 Å². The van der Waals surface area contributed by atoms with Gasteiger partial charge in [0.1, 0.15) is 17.1 Å². The van der Waals surface area contributed by atoms with E-state index in [1.165, 1.54) is 30.2 Å². The topological polar surface area (TPSA) is 211 Å². The quantitative estimate of drug-likeness (QED) is 0.0419. The number of hydrogen-bond donors (Lipinski definition) is 2. The van der Waals surface area contributed by atoms with Crippen molar-refractivity contribution in [3.8, 4) is 0 Å². The summed E-state index contributed by atoms with van der Waals surface area (Å²) < 4.78 is 49.4. The maximum absolute atomic E-state index is 13.0. The fourth-order valence-corrected chi connectivity index (χ4v) is 6.05. The number of anilines is 1. The van der Waals surface area contributed by atoms with Crippen LogP contribution in [0.15, 0.2) is 64.1 Å². The Hall–Kier alpha value is -4.64. The number of nitrogens with two attached hydrogens (primary N) is 1. The molecular formula is C34H39Cl2N3O12S. The number of hydrogen-bond acceptors (Lipinski definition) is 13. The highest BCUT2D eigenvalue weighted by Crippen LogP contribution is 2.29. The van der Waals surface area contributed by atoms with Gasteiger partial charge in [-0.05, 0) is 76.9 Å². The lowest BCUT2D eigenvalue weighted by atomic mass is 9.98. The molecule has 0 aliphatic heterocycles. The molecule has 0 aliphatic rings. The number of amides is 1. The van der Waals surface area contributed by atoms with E-state index in [2.05, 4.69) is 5.32 Å². The number of carbonyl (C=O) groups is 5. The number of ketones is 1. The number of rotatable bonds is 17.